The summed E-state index contributed by atoms with van der Waals surface area (Å²) in [5.41, 5.74) is 1.86. The fourth-order valence-electron chi connectivity index (χ4n) is 1.91. The molecular weight excluding hydrogens is 278 g/mol. The van der Waals surface area contributed by atoms with Gasteiger partial charge in [-0.2, -0.15) is 5.26 Å². The van der Waals surface area contributed by atoms with Gasteiger partial charge >= 0.3 is 0 Å². The minimum absolute atomic E-state index is 0.0169. The summed E-state index contributed by atoms with van der Waals surface area (Å²) in [6.07, 6.45) is 1.48. The van der Waals surface area contributed by atoms with Crippen molar-refractivity contribution < 1.29 is 9.90 Å². The molecule has 0 unspecified atom stereocenters. The first kappa shape index (κ1) is 17.7. The molecule has 0 saturated heterocycles. The van der Waals surface area contributed by atoms with Crippen LogP contribution in [0.4, 0.5) is 5.69 Å². The lowest BCUT2D eigenvalue weighted by atomic mass is 10.0. The van der Waals surface area contributed by atoms with Crippen LogP contribution in [0.1, 0.15) is 32.3 Å². The number of anilines is 1. The standard InChI is InChI=1S/C17H23N3O2/c1-4-20(9-10-21)12-15(11-18)17(22)19-16-7-5-14(6-8-16)13(2)3/h5-8,12-13,21H,4,9-10H2,1-3H3,(H,19,22)/b15-12-. The number of likely N-dealkylation sites (N-methyl/N-ethyl adjacent to an activating group) is 1. The number of nitrogens with one attached hydrogen (secondary N) is 1. The molecule has 0 radical (unpaired) electrons. The molecule has 22 heavy (non-hydrogen) atoms. The van der Waals surface area contributed by atoms with Crippen LogP contribution in [0, 0.1) is 11.3 Å². The highest BCUT2D eigenvalue weighted by Crippen LogP contribution is 2.17. The summed E-state index contributed by atoms with van der Waals surface area (Å²) < 4.78 is 0. The predicted octanol–water partition coefficient (Wildman–Crippen LogP) is 2.47. The predicted molar refractivity (Wildman–Crippen MR) is 87.2 cm³/mol. The fraction of sp³-hybridized carbons (Fsp3) is 0.412. The highest BCUT2D eigenvalue weighted by Gasteiger charge is 2.11. The SMILES string of the molecule is CCN(/C=C(/C#N)C(=O)Nc1ccc(C(C)C)cc1)CCO. The van der Waals surface area contributed by atoms with E-state index in [2.05, 4.69) is 19.2 Å². The zero-order chi connectivity index (χ0) is 16.5. The second-order valence-corrected chi connectivity index (χ2v) is 5.24. The first-order valence-electron chi connectivity index (χ1n) is 7.40. The number of benzene rings is 1. The molecule has 1 aromatic rings. The third-order valence-electron chi connectivity index (χ3n) is 3.31. The van der Waals surface area contributed by atoms with Crippen molar-refractivity contribution in [1.82, 2.24) is 4.90 Å². The second kappa shape index (κ2) is 8.85. The van der Waals surface area contributed by atoms with E-state index in [4.69, 9.17) is 10.4 Å². The van der Waals surface area contributed by atoms with Crippen molar-refractivity contribution >= 4 is 11.6 Å². The Hall–Kier alpha value is -2.32. The van der Waals surface area contributed by atoms with Gasteiger partial charge in [-0.3, -0.25) is 4.79 Å². The number of carbonyl (C=O) groups excluding carboxylic acids is 1. The maximum absolute atomic E-state index is 12.1. The third kappa shape index (κ3) is 5.23. The van der Waals surface area contributed by atoms with Crippen molar-refractivity contribution in [3.05, 3.63) is 41.6 Å². The Balaban J connectivity index is 2.80. The molecule has 1 amide bonds. The van der Waals surface area contributed by atoms with Crippen LogP contribution in [0.2, 0.25) is 0 Å². The number of hydrogen-bond donors (Lipinski definition) is 2. The van der Waals surface area contributed by atoms with Gasteiger partial charge < -0.3 is 15.3 Å². The van der Waals surface area contributed by atoms with Gasteiger partial charge in [-0.05, 0) is 30.5 Å². The molecule has 2 N–H and O–H groups in total. The van der Waals surface area contributed by atoms with E-state index in [1.54, 1.807) is 4.90 Å². The molecule has 5 nitrogen and oxygen atoms in total. The molecule has 0 atom stereocenters. The lowest BCUT2D eigenvalue weighted by Gasteiger charge is -2.17. The molecule has 0 saturated carbocycles. The number of aliphatic hydroxyl groups is 1. The van der Waals surface area contributed by atoms with Crippen LogP contribution >= 0.6 is 0 Å². The minimum Gasteiger partial charge on any atom is -0.395 e. The smallest absolute Gasteiger partial charge is 0.267 e. The van der Waals surface area contributed by atoms with E-state index < -0.39 is 5.91 Å². The molecule has 118 valence electrons. The molecule has 0 aliphatic heterocycles. The Kier molecular flexibility index (Phi) is 7.14. The van der Waals surface area contributed by atoms with Gasteiger partial charge in [-0.25, -0.2) is 0 Å². The van der Waals surface area contributed by atoms with E-state index in [1.165, 1.54) is 11.8 Å². The minimum atomic E-state index is -0.448. The third-order valence-corrected chi connectivity index (χ3v) is 3.31. The van der Waals surface area contributed by atoms with Crippen molar-refractivity contribution in [2.45, 2.75) is 26.7 Å². The molecule has 0 spiro atoms. The van der Waals surface area contributed by atoms with Crippen LogP contribution in [0.25, 0.3) is 0 Å². The number of hydrogen-bond acceptors (Lipinski definition) is 4. The Morgan fingerprint density at radius 3 is 2.50 bits per heavy atom. The Bertz CT molecular complexity index is 556. The van der Waals surface area contributed by atoms with Crippen LogP contribution in [0.15, 0.2) is 36.0 Å². The van der Waals surface area contributed by atoms with Gasteiger partial charge in [0.05, 0.1) is 6.61 Å². The zero-order valence-electron chi connectivity index (χ0n) is 13.3. The van der Waals surface area contributed by atoms with Gasteiger partial charge in [0.25, 0.3) is 5.91 Å². The van der Waals surface area contributed by atoms with Crippen LogP contribution in [0.3, 0.4) is 0 Å². The van der Waals surface area contributed by atoms with Gasteiger partial charge in [-0.1, -0.05) is 26.0 Å². The summed E-state index contributed by atoms with van der Waals surface area (Å²) in [5.74, 6) is -0.0212. The number of carbonyl (C=O) groups is 1. The average molecular weight is 301 g/mol. The summed E-state index contributed by atoms with van der Waals surface area (Å²) in [6.45, 7) is 7.07. The lowest BCUT2D eigenvalue weighted by Crippen LogP contribution is -2.23. The van der Waals surface area contributed by atoms with Crippen molar-refractivity contribution in [2.75, 3.05) is 25.0 Å². The van der Waals surface area contributed by atoms with Gasteiger partial charge in [0.15, 0.2) is 0 Å². The van der Waals surface area contributed by atoms with Gasteiger partial charge in [0, 0.05) is 25.0 Å². The number of nitriles is 1. The second-order valence-electron chi connectivity index (χ2n) is 5.24. The highest BCUT2D eigenvalue weighted by molar-refractivity contribution is 6.06. The molecule has 5 heteroatoms. The highest BCUT2D eigenvalue weighted by atomic mass is 16.3. The summed E-state index contributed by atoms with van der Waals surface area (Å²) in [5, 5.41) is 20.8. The fourth-order valence-corrected chi connectivity index (χ4v) is 1.91. The van der Waals surface area contributed by atoms with Crippen molar-refractivity contribution in [1.29, 1.82) is 5.26 Å². The van der Waals surface area contributed by atoms with E-state index in [0.717, 1.165) is 0 Å². The maximum Gasteiger partial charge on any atom is 0.267 e. The van der Waals surface area contributed by atoms with E-state index in [-0.39, 0.29) is 12.2 Å². The van der Waals surface area contributed by atoms with E-state index in [9.17, 15) is 4.79 Å². The first-order valence-corrected chi connectivity index (χ1v) is 7.40. The van der Waals surface area contributed by atoms with E-state index in [0.29, 0.717) is 24.7 Å². The normalized spacial score (nSPS) is 11.2. The van der Waals surface area contributed by atoms with Crippen molar-refractivity contribution in [3.63, 3.8) is 0 Å². The quantitative estimate of drug-likeness (QED) is 0.599. The van der Waals surface area contributed by atoms with Gasteiger partial charge in [0.2, 0.25) is 0 Å². The maximum atomic E-state index is 12.1. The number of nitrogens with zero attached hydrogens (tertiary/aromatic N) is 2. The average Bonchev–Trinajstić information content (AvgIpc) is 2.51. The van der Waals surface area contributed by atoms with Crippen LogP contribution in [-0.4, -0.2) is 35.6 Å². The van der Waals surface area contributed by atoms with Gasteiger partial charge in [0.1, 0.15) is 11.6 Å². The number of amides is 1. The molecule has 0 aliphatic rings. The molecular formula is C17H23N3O2. The molecule has 0 aliphatic carbocycles. The van der Waals surface area contributed by atoms with E-state index in [1.807, 2.05) is 37.3 Å². The zero-order valence-corrected chi connectivity index (χ0v) is 13.3. The Morgan fingerprint density at radius 2 is 2.05 bits per heavy atom. The largest absolute Gasteiger partial charge is 0.395 e. The van der Waals surface area contributed by atoms with Crippen LogP contribution < -0.4 is 5.32 Å². The molecule has 0 aromatic heterocycles. The monoisotopic (exact) mass is 301 g/mol. The summed E-state index contributed by atoms with van der Waals surface area (Å²) in [7, 11) is 0. The summed E-state index contributed by atoms with van der Waals surface area (Å²) >= 11 is 0. The Labute approximate surface area is 131 Å². The Morgan fingerprint density at radius 1 is 1.41 bits per heavy atom. The molecule has 0 bridgehead atoms. The molecule has 0 heterocycles. The molecule has 0 fully saturated rings. The molecule has 1 rings (SSSR count). The number of aliphatic hydroxyl groups excluding tert-OH is 1. The summed E-state index contributed by atoms with van der Waals surface area (Å²) in [4.78, 5) is 13.8. The van der Waals surface area contributed by atoms with Crippen LogP contribution in [0.5, 0.6) is 0 Å². The summed E-state index contributed by atoms with van der Waals surface area (Å²) in [6, 6.07) is 9.47. The van der Waals surface area contributed by atoms with Gasteiger partial charge in [-0.15, -0.1) is 0 Å². The lowest BCUT2D eigenvalue weighted by molar-refractivity contribution is -0.112. The van der Waals surface area contributed by atoms with Crippen LogP contribution in [-0.2, 0) is 4.79 Å². The van der Waals surface area contributed by atoms with E-state index >= 15 is 0 Å². The topological polar surface area (TPSA) is 76.4 Å². The first-order chi connectivity index (χ1) is 10.5. The molecule has 1 aromatic carbocycles. The number of rotatable bonds is 7. The van der Waals surface area contributed by atoms with Crippen molar-refractivity contribution in [2.24, 2.45) is 0 Å². The van der Waals surface area contributed by atoms with Crippen molar-refractivity contribution in [3.8, 4) is 6.07 Å².